The lowest BCUT2D eigenvalue weighted by Gasteiger charge is -2.32. The second kappa shape index (κ2) is 11.1. The topological polar surface area (TPSA) is 94.6 Å². The molecule has 0 bridgehead atoms. The lowest BCUT2D eigenvalue weighted by molar-refractivity contribution is -0.207. The van der Waals surface area contributed by atoms with Gasteiger partial charge in [-0.3, -0.25) is 9.78 Å². The molecule has 0 spiro atoms. The average Bonchev–Trinajstić information content (AvgIpc) is 2.90. The Morgan fingerprint density at radius 1 is 1.14 bits per heavy atom. The third-order valence-electron chi connectivity index (χ3n) is 7.02. The molecule has 0 radical (unpaired) electrons. The predicted molar refractivity (Wildman–Crippen MR) is 147 cm³/mol. The molecule has 12 heteroatoms. The van der Waals surface area contributed by atoms with Gasteiger partial charge < -0.3 is 24.8 Å². The molecule has 220 valence electrons. The normalized spacial score (nSPS) is 15.8. The summed E-state index contributed by atoms with van der Waals surface area (Å²) in [6, 6.07) is 7.76. The van der Waals surface area contributed by atoms with Gasteiger partial charge in [0.2, 0.25) is 5.91 Å². The first-order valence-electron chi connectivity index (χ1n) is 13.0. The van der Waals surface area contributed by atoms with Crippen molar-refractivity contribution in [1.29, 1.82) is 0 Å². The van der Waals surface area contributed by atoms with E-state index >= 15 is 4.39 Å². The van der Waals surface area contributed by atoms with Gasteiger partial charge in [0.15, 0.2) is 11.5 Å². The van der Waals surface area contributed by atoms with Crippen molar-refractivity contribution in [3.05, 3.63) is 83.9 Å². The van der Waals surface area contributed by atoms with Crippen molar-refractivity contribution in [2.24, 2.45) is 5.41 Å². The molecule has 1 aromatic heterocycles. The number of halogens is 4. The number of hydrogen-bond donors (Lipinski definition) is 2. The maximum absolute atomic E-state index is 15.1. The number of nitrogens with zero attached hydrogens (tertiary/aromatic N) is 2. The Morgan fingerprint density at radius 3 is 2.52 bits per heavy atom. The number of alkyl halides is 3. The van der Waals surface area contributed by atoms with Crippen molar-refractivity contribution in [2.45, 2.75) is 32.5 Å². The summed E-state index contributed by atoms with van der Waals surface area (Å²) in [6.07, 6.45) is -1.00. The Kier molecular flexibility index (Phi) is 7.67. The molecular weight excluding hydrogens is 556 g/mol. The van der Waals surface area contributed by atoms with Crippen LogP contribution in [0.2, 0.25) is 0 Å². The first-order chi connectivity index (χ1) is 19.8. The van der Waals surface area contributed by atoms with Gasteiger partial charge in [0.25, 0.3) is 0 Å². The van der Waals surface area contributed by atoms with E-state index in [1.165, 1.54) is 31.5 Å². The van der Waals surface area contributed by atoms with Gasteiger partial charge in [-0.2, -0.15) is 13.2 Å². The molecule has 3 aromatic rings. The van der Waals surface area contributed by atoms with E-state index in [0.29, 0.717) is 33.8 Å². The van der Waals surface area contributed by atoms with E-state index in [9.17, 15) is 18.0 Å². The Balaban J connectivity index is 1.31. The van der Waals surface area contributed by atoms with Crippen LogP contribution in [0.25, 0.3) is 22.3 Å². The fourth-order valence-electron chi connectivity index (χ4n) is 4.24. The molecule has 5 rings (SSSR count). The van der Waals surface area contributed by atoms with E-state index in [-0.39, 0.29) is 29.5 Å². The van der Waals surface area contributed by atoms with Gasteiger partial charge in [0.1, 0.15) is 28.9 Å². The molecule has 1 saturated heterocycles. The molecule has 1 amide bonds. The maximum Gasteiger partial charge on any atom is 0.400 e. The molecule has 0 aliphatic carbocycles. The zero-order valence-corrected chi connectivity index (χ0v) is 23.1. The third-order valence-corrected chi connectivity index (χ3v) is 7.02. The molecule has 2 aliphatic heterocycles. The minimum absolute atomic E-state index is 0.0514. The Morgan fingerprint density at radius 2 is 1.88 bits per heavy atom. The number of rotatable bonds is 8. The van der Waals surface area contributed by atoms with Crippen LogP contribution in [-0.2, 0) is 16.0 Å². The summed E-state index contributed by atoms with van der Waals surface area (Å²) in [5.41, 5.74) is -0.215. The molecule has 8 nitrogen and oxygen atoms in total. The summed E-state index contributed by atoms with van der Waals surface area (Å²) >= 11 is 0. The number of amides is 1. The minimum Gasteiger partial charge on any atom is -0.493 e. The monoisotopic (exact) mass is 584 g/mol. The molecule has 0 saturated carbocycles. The summed E-state index contributed by atoms with van der Waals surface area (Å²) in [4.78, 5) is 21.7. The summed E-state index contributed by atoms with van der Waals surface area (Å²) in [5, 5.41) is 5.64. The van der Waals surface area contributed by atoms with Gasteiger partial charge in [0, 0.05) is 48.6 Å². The van der Waals surface area contributed by atoms with Crippen LogP contribution in [-0.4, -0.2) is 48.4 Å². The van der Waals surface area contributed by atoms with Crippen LogP contribution in [0.1, 0.15) is 19.4 Å². The van der Waals surface area contributed by atoms with Crippen molar-refractivity contribution in [3.63, 3.8) is 0 Å². The number of allylic oxidation sites excluding steroid dienone is 3. The lowest BCUT2D eigenvalue weighted by Crippen LogP contribution is -2.50. The number of carbonyl (C=O) groups excluding carboxylic acids is 1. The molecule has 42 heavy (non-hydrogen) atoms. The SMILES string of the molecule is C=C1C=C(NC(=O)Cc2ccc(-c3cnc4cc(OC5CNC5)c(OC)cc4n3)cc2F)C=C(C(C)(C)C(F)(F)F)O1. The van der Waals surface area contributed by atoms with Crippen LogP contribution in [0.3, 0.4) is 0 Å². The summed E-state index contributed by atoms with van der Waals surface area (Å²) < 4.78 is 72.1. The first-order valence-corrected chi connectivity index (χ1v) is 13.0. The Hall–Kier alpha value is -4.45. The van der Waals surface area contributed by atoms with Crippen molar-refractivity contribution in [2.75, 3.05) is 20.2 Å². The molecule has 2 aliphatic rings. The van der Waals surface area contributed by atoms with Crippen LogP contribution in [0, 0.1) is 11.2 Å². The highest BCUT2D eigenvalue weighted by molar-refractivity contribution is 5.82. The molecule has 0 unspecified atom stereocenters. The third kappa shape index (κ3) is 5.94. The second-order valence-corrected chi connectivity index (χ2v) is 10.5. The molecular formula is C30H28F4N4O4. The molecule has 3 heterocycles. The summed E-state index contributed by atoms with van der Waals surface area (Å²) in [5.74, 6) is -0.702. The van der Waals surface area contributed by atoms with Gasteiger partial charge in [-0.1, -0.05) is 18.7 Å². The van der Waals surface area contributed by atoms with Crippen molar-refractivity contribution < 1.29 is 36.6 Å². The largest absolute Gasteiger partial charge is 0.493 e. The zero-order valence-electron chi connectivity index (χ0n) is 23.1. The quantitative estimate of drug-likeness (QED) is 0.345. The summed E-state index contributed by atoms with van der Waals surface area (Å²) in [7, 11) is 1.53. The first kappa shape index (κ1) is 29.1. The van der Waals surface area contributed by atoms with Crippen molar-refractivity contribution in [3.8, 4) is 22.8 Å². The Bertz CT molecular complexity index is 1630. The standard InChI is InChI=1S/C30H28F4N4O4/c1-16-7-19(10-27(41-16)29(2,3)30(32,33)34)37-28(39)9-17-5-6-18(8-21(17)31)24-15-36-22-11-26(42-20-13-35-14-20)25(40-4)12-23(22)38-24/h5-8,10-12,15,20,35H,1,9,13-14H2,2-4H3,(H,37,39). The highest BCUT2D eigenvalue weighted by Gasteiger charge is 2.52. The van der Waals surface area contributed by atoms with Gasteiger partial charge in [-0.25, -0.2) is 9.37 Å². The van der Waals surface area contributed by atoms with Crippen LogP contribution < -0.4 is 20.1 Å². The molecule has 2 N–H and O–H groups in total. The maximum atomic E-state index is 15.1. The molecule has 2 aromatic carbocycles. The molecule has 1 fully saturated rings. The second-order valence-electron chi connectivity index (χ2n) is 10.5. The average molecular weight is 585 g/mol. The van der Waals surface area contributed by atoms with Crippen molar-refractivity contribution >= 4 is 16.9 Å². The van der Waals surface area contributed by atoms with E-state index in [4.69, 9.17) is 14.2 Å². The van der Waals surface area contributed by atoms with E-state index in [1.54, 1.807) is 18.2 Å². The van der Waals surface area contributed by atoms with Gasteiger partial charge in [-0.15, -0.1) is 0 Å². The van der Waals surface area contributed by atoms with E-state index in [0.717, 1.165) is 33.0 Å². The fraction of sp³-hybridized carbons (Fsp3) is 0.300. The van der Waals surface area contributed by atoms with Crippen LogP contribution >= 0.6 is 0 Å². The number of benzene rings is 2. The number of hydrogen-bond acceptors (Lipinski definition) is 7. The predicted octanol–water partition coefficient (Wildman–Crippen LogP) is 5.35. The van der Waals surface area contributed by atoms with E-state index in [2.05, 4.69) is 27.2 Å². The Labute approximate surface area is 239 Å². The smallest absolute Gasteiger partial charge is 0.400 e. The summed E-state index contributed by atoms with van der Waals surface area (Å²) in [6.45, 7) is 6.98. The van der Waals surface area contributed by atoms with Gasteiger partial charge in [0.05, 0.1) is 36.5 Å². The number of fused-ring (bicyclic) bond motifs is 1. The fourth-order valence-corrected chi connectivity index (χ4v) is 4.24. The molecule has 0 atom stereocenters. The van der Waals surface area contributed by atoms with Crippen LogP contribution in [0.5, 0.6) is 11.5 Å². The number of methoxy groups -OCH3 is 1. The highest BCUT2D eigenvalue weighted by Crippen LogP contribution is 2.45. The van der Waals surface area contributed by atoms with Crippen LogP contribution in [0.15, 0.2) is 72.5 Å². The highest BCUT2D eigenvalue weighted by atomic mass is 19.4. The lowest BCUT2D eigenvalue weighted by atomic mass is 9.88. The number of nitrogens with one attached hydrogen (secondary N) is 2. The minimum atomic E-state index is -4.59. The van der Waals surface area contributed by atoms with E-state index < -0.39 is 29.1 Å². The zero-order chi connectivity index (χ0) is 30.2. The van der Waals surface area contributed by atoms with E-state index in [1.807, 2.05) is 0 Å². The van der Waals surface area contributed by atoms with Gasteiger partial charge in [-0.05, 0) is 25.5 Å². The number of carbonyl (C=O) groups is 1. The van der Waals surface area contributed by atoms with Gasteiger partial charge >= 0.3 is 6.18 Å². The van der Waals surface area contributed by atoms with Crippen LogP contribution in [0.4, 0.5) is 17.6 Å². The number of ether oxygens (including phenoxy) is 3. The number of aromatic nitrogens is 2. The van der Waals surface area contributed by atoms with Crippen molar-refractivity contribution in [1.82, 2.24) is 20.6 Å².